The topological polar surface area (TPSA) is 105 Å². The van der Waals surface area contributed by atoms with Crippen molar-refractivity contribution >= 4 is 27.8 Å². The quantitative estimate of drug-likeness (QED) is 0.522. The van der Waals surface area contributed by atoms with E-state index in [1.165, 1.54) is 12.3 Å². The number of pyridine rings is 1. The molecule has 0 atom stereocenters. The number of rotatable bonds is 1. The van der Waals surface area contributed by atoms with Crippen LogP contribution in [-0.4, -0.2) is 26.4 Å². The van der Waals surface area contributed by atoms with Crippen LogP contribution in [0.3, 0.4) is 0 Å². The van der Waals surface area contributed by atoms with Gasteiger partial charge in [0.25, 0.3) is 0 Å². The number of aromatic carboxylic acids is 1. The summed E-state index contributed by atoms with van der Waals surface area (Å²) in [4.78, 5) is 16.0. The number of nitrogens with one attached hydrogen (secondary N) is 1. The van der Waals surface area contributed by atoms with Gasteiger partial charge in [-0.15, -0.1) is 5.10 Å². The average Bonchev–Trinajstić information content (AvgIpc) is 2.75. The first kappa shape index (κ1) is 20.3. The van der Waals surface area contributed by atoms with Crippen LogP contribution >= 0.6 is 0 Å². The molecule has 7 heteroatoms. The Morgan fingerprint density at radius 3 is 2.13 bits per heavy atom. The Labute approximate surface area is 171 Å². The number of para-hydroxylation sites is 1. The second-order valence-electron chi connectivity index (χ2n) is 5.93. The minimum atomic E-state index is -1.13. The van der Waals surface area contributed by atoms with Crippen molar-refractivity contribution in [1.82, 2.24) is 15.4 Å². The predicted molar refractivity (Wildman–Crippen MR) is 113 cm³/mol. The summed E-state index contributed by atoms with van der Waals surface area (Å²) in [6, 6.07) is 27.4. The van der Waals surface area contributed by atoms with E-state index < -0.39 is 5.97 Å². The van der Waals surface area contributed by atoms with Crippen LogP contribution in [0, 0.1) is 0 Å². The zero-order chi connectivity index (χ0) is 21.0. The Hall–Kier alpha value is -4.39. The van der Waals surface area contributed by atoms with Crippen LogP contribution in [0.15, 0.2) is 113 Å². The van der Waals surface area contributed by atoms with Gasteiger partial charge < -0.3 is 5.11 Å². The van der Waals surface area contributed by atoms with E-state index in [0.717, 1.165) is 28.0 Å². The molecule has 3 rings (SSSR count). The number of hydrogen-bond acceptors (Lipinski definition) is 5. The largest absolute Gasteiger partial charge is 0.478 e. The third-order valence-electron chi connectivity index (χ3n) is 3.87. The van der Waals surface area contributed by atoms with Gasteiger partial charge in [0.1, 0.15) is 6.26 Å². The minimum Gasteiger partial charge on any atom is -0.478 e. The van der Waals surface area contributed by atoms with Crippen molar-refractivity contribution in [3.63, 3.8) is 0 Å². The Bertz CT molecular complexity index is 1250. The Balaban J connectivity index is 2.24. The lowest BCUT2D eigenvalue weighted by molar-refractivity contribution is -0.0207. The molecule has 150 valence electrons. The number of carboxylic acid groups (broad SMARTS) is 1. The van der Waals surface area contributed by atoms with Gasteiger partial charge in [0.15, 0.2) is 0 Å². The fourth-order valence-electron chi connectivity index (χ4n) is 2.49. The van der Waals surface area contributed by atoms with E-state index in [1.54, 1.807) is 24.3 Å². The van der Waals surface area contributed by atoms with Crippen LogP contribution in [0.1, 0.15) is 10.4 Å². The van der Waals surface area contributed by atoms with Crippen molar-refractivity contribution in [2.24, 2.45) is 0 Å². The molecule has 2 heterocycles. The normalized spacial score (nSPS) is 9.60. The van der Waals surface area contributed by atoms with Gasteiger partial charge in [-0.3, -0.25) is 4.58 Å². The lowest BCUT2D eigenvalue weighted by atomic mass is 10.1. The van der Waals surface area contributed by atoms with Gasteiger partial charge >= 0.3 is 5.97 Å². The highest BCUT2D eigenvalue weighted by molar-refractivity contribution is 5.92. The molecule has 0 radical (unpaired) electrons. The first-order valence-electron chi connectivity index (χ1n) is 9.02. The van der Waals surface area contributed by atoms with Gasteiger partial charge in [-0.2, -0.15) is 4.68 Å². The second kappa shape index (κ2) is 10.8. The van der Waals surface area contributed by atoms with Crippen molar-refractivity contribution in [3.05, 3.63) is 109 Å². The van der Waals surface area contributed by atoms with Crippen LogP contribution < -0.4 is 0 Å². The smallest absolute Gasteiger partial charge is 0.337 e. The number of carboxylic acids is 1. The number of carbonyl (C=O) groups is 1. The predicted octanol–water partition coefficient (Wildman–Crippen LogP) is 5.49. The van der Waals surface area contributed by atoms with E-state index in [1.807, 2.05) is 54.6 Å². The lowest BCUT2D eigenvalue weighted by Gasteiger charge is -1.98. The van der Waals surface area contributed by atoms with Crippen molar-refractivity contribution < 1.29 is 19.2 Å². The highest BCUT2D eigenvalue weighted by Crippen LogP contribution is 2.17. The molecule has 0 saturated heterocycles. The summed E-state index contributed by atoms with van der Waals surface area (Å²) >= 11 is 0. The number of aromatic amines is 1. The van der Waals surface area contributed by atoms with Crippen molar-refractivity contribution in [1.29, 1.82) is 0 Å². The molecule has 0 saturated carbocycles. The van der Waals surface area contributed by atoms with E-state index in [2.05, 4.69) is 21.1 Å². The van der Waals surface area contributed by atoms with E-state index >= 15 is 0 Å². The summed E-state index contributed by atoms with van der Waals surface area (Å²) < 4.78 is 9.26. The molecule has 0 unspecified atom stereocenters. The molecule has 0 fully saturated rings. The van der Waals surface area contributed by atoms with Gasteiger partial charge in [-0.25, -0.2) is 9.78 Å². The Morgan fingerprint density at radius 1 is 0.800 bits per heavy atom. The molecule has 7 nitrogen and oxygen atoms in total. The van der Waals surface area contributed by atoms with Gasteiger partial charge in [0.05, 0.1) is 22.8 Å². The van der Waals surface area contributed by atoms with Crippen LogP contribution in [0.25, 0.3) is 21.8 Å². The standard InChI is InChI=1S/C23H19N3O4/c27-23(28)20-12-6-8-14-21-18(16-19-11-5-7-13-22(19)25-21)10-4-2-1-3-9-15-29-30-26-24-17-20/h1-17,26H,(H,27,28). The molecule has 2 N–H and O–H groups in total. The third kappa shape index (κ3) is 6.07. The molecule has 1 aromatic carbocycles. The summed E-state index contributed by atoms with van der Waals surface area (Å²) in [6.45, 7) is 0. The molecule has 0 aliphatic rings. The van der Waals surface area contributed by atoms with Crippen LogP contribution in [0.5, 0.6) is 0 Å². The maximum absolute atomic E-state index is 11.3. The second-order valence-corrected chi connectivity index (χ2v) is 5.93. The molecule has 3 aromatic rings. The number of hydrogen-bond donors (Lipinski definition) is 2. The summed E-state index contributed by atoms with van der Waals surface area (Å²) in [5, 5.41) is 17.0. The Morgan fingerprint density at radius 2 is 1.40 bits per heavy atom. The number of fused-ring (bicyclic) bond motifs is 2. The summed E-state index contributed by atoms with van der Waals surface area (Å²) in [5.74, 6) is -1.13. The van der Waals surface area contributed by atoms with Crippen molar-refractivity contribution in [2.45, 2.75) is 0 Å². The molecule has 0 spiro atoms. The highest BCUT2D eigenvalue weighted by Gasteiger charge is 1.98. The molecule has 0 amide bonds. The molecule has 0 aliphatic carbocycles. The highest BCUT2D eigenvalue weighted by atomic mass is 17.0. The van der Waals surface area contributed by atoms with Gasteiger partial charge in [0, 0.05) is 10.8 Å². The molecule has 2 aromatic heterocycles. The van der Waals surface area contributed by atoms with E-state index in [9.17, 15) is 9.90 Å². The maximum Gasteiger partial charge on any atom is 0.337 e. The zero-order valence-electron chi connectivity index (χ0n) is 15.9. The molecule has 30 heavy (non-hydrogen) atoms. The number of benzene rings is 1. The van der Waals surface area contributed by atoms with Crippen LogP contribution in [0.2, 0.25) is 0 Å². The van der Waals surface area contributed by atoms with Crippen LogP contribution in [0.4, 0.5) is 0 Å². The third-order valence-corrected chi connectivity index (χ3v) is 3.87. The van der Waals surface area contributed by atoms with Crippen molar-refractivity contribution in [2.75, 3.05) is 0 Å². The fraction of sp³-hybridized carbons (Fsp3) is 0. The fourth-order valence-corrected chi connectivity index (χ4v) is 2.49. The first-order valence-corrected chi connectivity index (χ1v) is 9.02. The summed E-state index contributed by atoms with van der Waals surface area (Å²) in [6.07, 6.45) is 2.40. The van der Waals surface area contributed by atoms with E-state index in [4.69, 9.17) is 9.56 Å². The number of aromatic nitrogens is 3. The maximum atomic E-state index is 11.3. The van der Waals surface area contributed by atoms with E-state index in [0.29, 0.717) is 0 Å². The summed E-state index contributed by atoms with van der Waals surface area (Å²) in [7, 11) is 0. The minimum absolute atomic E-state index is 0.0478. The van der Waals surface area contributed by atoms with Crippen molar-refractivity contribution in [3.8, 4) is 0 Å². The van der Waals surface area contributed by atoms with Gasteiger partial charge in [-0.05, 0) is 30.3 Å². The zero-order valence-corrected chi connectivity index (χ0v) is 15.9. The summed E-state index contributed by atoms with van der Waals surface area (Å²) in [5.41, 5.74) is 1.59. The van der Waals surface area contributed by atoms with Crippen LogP contribution in [-0.2, 0) is 0 Å². The van der Waals surface area contributed by atoms with Gasteiger partial charge in [-0.1, -0.05) is 65.9 Å². The Kier molecular flexibility index (Phi) is 7.34. The molecular formula is C23H19N3O4. The molecule has 0 bridgehead atoms. The average molecular weight is 401 g/mol. The molecular weight excluding hydrogens is 382 g/mol. The molecule has 0 aliphatic heterocycles. The van der Waals surface area contributed by atoms with E-state index in [-0.39, 0.29) is 5.56 Å². The number of nitrogens with zero attached hydrogens (tertiary/aromatic N) is 2. The first-order chi connectivity index (χ1) is 14.7. The monoisotopic (exact) mass is 401 g/mol. The van der Waals surface area contributed by atoms with Gasteiger partial charge in [0.2, 0.25) is 0 Å². The number of H-pyrrole nitrogens is 1. The SMILES string of the molecule is O=C(O)c1ccccc2nc3ccccc3cc2cccccccoo[nH]nc1. The lowest BCUT2D eigenvalue weighted by Crippen LogP contribution is -1.94.